The maximum absolute atomic E-state index is 13.9. The van der Waals surface area contributed by atoms with Gasteiger partial charge in [-0.3, -0.25) is 13.9 Å². The Morgan fingerprint density at radius 3 is 2.21 bits per heavy atom. The highest BCUT2D eigenvalue weighted by Gasteiger charge is 2.33. The summed E-state index contributed by atoms with van der Waals surface area (Å²) in [6, 6.07) is 19.2. The van der Waals surface area contributed by atoms with Crippen LogP contribution in [0.15, 0.2) is 88.2 Å². The maximum atomic E-state index is 13.9. The van der Waals surface area contributed by atoms with Crippen LogP contribution in [0.2, 0.25) is 0 Å². The van der Waals surface area contributed by atoms with E-state index in [0.717, 1.165) is 52.2 Å². The Morgan fingerprint density at radius 1 is 0.974 bits per heavy atom. The number of nitrogens with one attached hydrogen (secondary N) is 1. The van der Waals surface area contributed by atoms with E-state index >= 15 is 0 Å². The summed E-state index contributed by atoms with van der Waals surface area (Å²) in [5.74, 6) is -1.38. The lowest BCUT2D eigenvalue weighted by Gasteiger charge is -2.32. The Hall–Kier alpha value is -3.24. The third-order valence-corrected chi connectivity index (χ3v) is 9.18. The second-order valence-electron chi connectivity index (χ2n) is 9.62. The van der Waals surface area contributed by atoms with Crippen molar-refractivity contribution in [1.82, 2.24) is 10.2 Å². The van der Waals surface area contributed by atoms with Gasteiger partial charge in [0, 0.05) is 17.1 Å². The monoisotopic (exact) mass is 615 g/mol. The number of sulfonamides is 1. The van der Waals surface area contributed by atoms with Crippen molar-refractivity contribution >= 4 is 43.5 Å². The molecule has 7 nitrogen and oxygen atoms in total. The molecule has 0 heterocycles. The lowest BCUT2D eigenvalue weighted by Crippen LogP contribution is -2.52. The molecule has 0 aromatic heterocycles. The molecule has 3 aromatic carbocycles. The lowest BCUT2D eigenvalue weighted by atomic mass is 10.1. The van der Waals surface area contributed by atoms with Crippen molar-refractivity contribution in [3.63, 3.8) is 0 Å². The fourth-order valence-corrected chi connectivity index (χ4v) is 6.32. The first-order chi connectivity index (χ1) is 18.6. The van der Waals surface area contributed by atoms with Crippen LogP contribution in [0.1, 0.15) is 38.2 Å². The SMILES string of the molecule is C[C@H](C(=O)NC1CCCC1)N(Cc1ccc(Br)cc1)C(=O)CN(c1ccc(F)cc1)S(=O)(=O)c1ccccc1. The van der Waals surface area contributed by atoms with Crippen molar-refractivity contribution < 1.29 is 22.4 Å². The maximum Gasteiger partial charge on any atom is 0.264 e. The molecule has 1 saturated carbocycles. The molecular formula is C29H31BrFN3O4S. The molecule has 10 heteroatoms. The third-order valence-electron chi connectivity index (χ3n) is 6.86. The average molecular weight is 617 g/mol. The van der Waals surface area contributed by atoms with Crippen LogP contribution in [0, 0.1) is 5.82 Å². The Bertz CT molecular complexity index is 1380. The second kappa shape index (κ2) is 12.7. The molecule has 0 unspecified atom stereocenters. The standard InChI is InChI=1S/C29H31BrFN3O4S/c1-21(29(36)32-25-7-5-6-8-25)33(19-22-11-13-23(30)14-12-22)28(35)20-34(26-17-15-24(31)16-18-26)39(37,38)27-9-3-2-4-10-27/h2-4,9-18,21,25H,5-8,19-20H2,1H3,(H,32,36)/t21-/m1/s1. The summed E-state index contributed by atoms with van der Waals surface area (Å²) in [5, 5.41) is 3.04. The second-order valence-corrected chi connectivity index (χ2v) is 12.4. The van der Waals surface area contributed by atoms with Gasteiger partial charge in [0.1, 0.15) is 18.4 Å². The Kier molecular flexibility index (Phi) is 9.40. The van der Waals surface area contributed by atoms with Crippen molar-refractivity contribution in [2.24, 2.45) is 0 Å². The fourth-order valence-electron chi connectivity index (χ4n) is 4.62. The van der Waals surface area contributed by atoms with E-state index in [2.05, 4.69) is 21.2 Å². The van der Waals surface area contributed by atoms with Crippen LogP contribution in [-0.2, 0) is 26.2 Å². The number of amides is 2. The van der Waals surface area contributed by atoms with Gasteiger partial charge in [0.2, 0.25) is 11.8 Å². The number of hydrogen-bond acceptors (Lipinski definition) is 4. The molecule has 0 spiro atoms. The van der Waals surface area contributed by atoms with Gasteiger partial charge in [-0.1, -0.05) is 59.1 Å². The van der Waals surface area contributed by atoms with E-state index in [1.165, 1.54) is 29.2 Å². The molecule has 1 fully saturated rings. The zero-order valence-electron chi connectivity index (χ0n) is 21.6. The summed E-state index contributed by atoms with van der Waals surface area (Å²) in [7, 11) is -4.18. The first-order valence-electron chi connectivity index (χ1n) is 12.8. The minimum atomic E-state index is -4.18. The molecule has 4 rings (SSSR count). The Balaban J connectivity index is 1.66. The highest BCUT2D eigenvalue weighted by atomic mass is 79.9. The largest absolute Gasteiger partial charge is 0.352 e. The number of benzene rings is 3. The zero-order valence-corrected chi connectivity index (χ0v) is 24.0. The van der Waals surface area contributed by atoms with Crippen molar-refractivity contribution in [2.75, 3.05) is 10.8 Å². The number of rotatable bonds is 10. The van der Waals surface area contributed by atoms with E-state index in [-0.39, 0.29) is 29.1 Å². The van der Waals surface area contributed by atoms with Gasteiger partial charge >= 0.3 is 0 Å². The van der Waals surface area contributed by atoms with Crippen LogP contribution in [0.5, 0.6) is 0 Å². The molecule has 0 saturated heterocycles. The average Bonchev–Trinajstić information content (AvgIpc) is 3.45. The Morgan fingerprint density at radius 2 is 1.59 bits per heavy atom. The first-order valence-corrected chi connectivity index (χ1v) is 15.1. The van der Waals surface area contributed by atoms with Gasteiger partial charge in [-0.15, -0.1) is 0 Å². The quantitative estimate of drug-likeness (QED) is 0.337. The van der Waals surface area contributed by atoms with E-state index in [1.807, 2.05) is 24.3 Å². The molecule has 0 radical (unpaired) electrons. The molecule has 2 amide bonds. The van der Waals surface area contributed by atoms with E-state index in [0.29, 0.717) is 0 Å². The third kappa shape index (κ3) is 7.24. The van der Waals surface area contributed by atoms with Gasteiger partial charge in [0.15, 0.2) is 0 Å². The molecule has 0 bridgehead atoms. The first kappa shape index (κ1) is 28.8. The van der Waals surface area contributed by atoms with Crippen LogP contribution in [0.3, 0.4) is 0 Å². The van der Waals surface area contributed by atoms with Crippen molar-refractivity contribution in [3.05, 3.63) is 94.7 Å². The van der Waals surface area contributed by atoms with Gasteiger partial charge in [-0.2, -0.15) is 0 Å². The summed E-state index contributed by atoms with van der Waals surface area (Å²) < 4.78 is 42.9. The predicted octanol–water partition coefficient (Wildman–Crippen LogP) is 5.26. The van der Waals surface area contributed by atoms with Crippen LogP contribution in [0.25, 0.3) is 0 Å². The van der Waals surface area contributed by atoms with Crippen molar-refractivity contribution in [2.45, 2.75) is 56.1 Å². The lowest BCUT2D eigenvalue weighted by molar-refractivity contribution is -0.139. The molecular weight excluding hydrogens is 585 g/mol. The van der Waals surface area contributed by atoms with Gasteiger partial charge in [-0.05, 0) is 73.9 Å². The summed E-state index contributed by atoms with van der Waals surface area (Å²) >= 11 is 3.40. The highest BCUT2D eigenvalue weighted by Crippen LogP contribution is 2.25. The molecule has 1 N–H and O–H groups in total. The van der Waals surface area contributed by atoms with Crippen molar-refractivity contribution in [3.8, 4) is 0 Å². The van der Waals surface area contributed by atoms with Gasteiger partial charge in [-0.25, -0.2) is 12.8 Å². The van der Waals surface area contributed by atoms with Crippen LogP contribution < -0.4 is 9.62 Å². The van der Waals surface area contributed by atoms with E-state index in [4.69, 9.17) is 0 Å². The molecule has 1 atom stereocenters. The number of anilines is 1. The number of halogens is 2. The van der Waals surface area contributed by atoms with Crippen LogP contribution in [-0.4, -0.2) is 43.8 Å². The van der Waals surface area contributed by atoms with E-state index in [9.17, 15) is 22.4 Å². The zero-order chi connectivity index (χ0) is 28.0. The number of carbonyl (C=O) groups is 2. The smallest absolute Gasteiger partial charge is 0.264 e. The summed E-state index contributed by atoms with van der Waals surface area (Å²) in [5.41, 5.74) is 0.923. The predicted molar refractivity (Wildman–Crippen MR) is 152 cm³/mol. The highest BCUT2D eigenvalue weighted by molar-refractivity contribution is 9.10. The summed E-state index contributed by atoms with van der Waals surface area (Å²) in [4.78, 5) is 28.5. The molecule has 39 heavy (non-hydrogen) atoms. The minimum absolute atomic E-state index is 0.00592. The number of hydrogen-bond donors (Lipinski definition) is 1. The van der Waals surface area contributed by atoms with Crippen molar-refractivity contribution in [1.29, 1.82) is 0 Å². The van der Waals surface area contributed by atoms with Crippen LogP contribution >= 0.6 is 15.9 Å². The minimum Gasteiger partial charge on any atom is -0.352 e. The van der Waals surface area contributed by atoms with Gasteiger partial charge < -0.3 is 10.2 Å². The fraction of sp³-hybridized carbons (Fsp3) is 0.310. The number of nitrogens with zero attached hydrogens (tertiary/aromatic N) is 2. The molecule has 0 aliphatic heterocycles. The molecule has 1 aliphatic rings. The number of carbonyl (C=O) groups excluding carboxylic acids is 2. The van der Waals surface area contributed by atoms with E-state index in [1.54, 1.807) is 25.1 Å². The van der Waals surface area contributed by atoms with E-state index < -0.39 is 34.3 Å². The van der Waals surface area contributed by atoms with Gasteiger partial charge in [0.25, 0.3) is 10.0 Å². The summed E-state index contributed by atoms with van der Waals surface area (Å²) in [6.07, 6.45) is 3.88. The summed E-state index contributed by atoms with van der Waals surface area (Å²) in [6.45, 7) is 1.18. The van der Waals surface area contributed by atoms with Crippen LogP contribution in [0.4, 0.5) is 10.1 Å². The normalized spacial score (nSPS) is 14.5. The molecule has 206 valence electrons. The molecule has 1 aliphatic carbocycles. The Labute approximate surface area is 237 Å². The topological polar surface area (TPSA) is 86.8 Å². The van der Waals surface area contributed by atoms with Gasteiger partial charge in [0.05, 0.1) is 10.6 Å². The molecule has 3 aromatic rings.